The Morgan fingerprint density at radius 1 is 0.808 bits per heavy atom. The van der Waals surface area contributed by atoms with Crippen molar-refractivity contribution in [1.82, 2.24) is 0 Å². The third-order valence-corrected chi connectivity index (χ3v) is 3.99. The summed E-state index contributed by atoms with van der Waals surface area (Å²) in [5, 5.41) is 3.63. The van der Waals surface area contributed by atoms with Crippen LogP contribution in [0.5, 0.6) is 5.75 Å². The summed E-state index contributed by atoms with van der Waals surface area (Å²) in [7, 11) is 0. The topological polar surface area (TPSA) is 55.4 Å². The first kappa shape index (κ1) is 18.0. The molecule has 130 valence electrons. The van der Waals surface area contributed by atoms with E-state index >= 15 is 0 Å². The quantitative estimate of drug-likeness (QED) is 0.478. The van der Waals surface area contributed by atoms with Crippen molar-refractivity contribution in [3.05, 3.63) is 94.0 Å². The number of carbonyl (C=O) groups excluding carboxylic acids is 2. The Labute approximate surface area is 160 Å². The fraction of sp³-hybridized carbons (Fsp3) is 0. The zero-order chi connectivity index (χ0) is 18.5. The maximum absolute atomic E-state index is 12.6. The average Bonchev–Trinajstić information content (AvgIpc) is 2.65. The van der Waals surface area contributed by atoms with Crippen molar-refractivity contribution in [3.63, 3.8) is 0 Å². The van der Waals surface area contributed by atoms with Gasteiger partial charge in [-0.1, -0.05) is 41.4 Å². The van der Waals surface area contributed by atoms with E-state index in [0.29, 0.717) is 21.3 Å². The standard InChI is InChI=1S/C20H13Cl2NO3/c21-14-6-9-16(10-7-14)23-19(24)17-12-15(22)8-11-18(17)26-20(25)13-4-2-1-3-5-13/h1-12H,(H,23,24). The number of nitrogens with one attached hydrogen (secondary N) is 1. The molecule has 3 rings (SSSR count). The molecule has 1 amide bonds. The highest BCUT2D eigenvalue weighted by molar-refractivity contribution is 6.31. The number of ether oxygens (including phenoxy) is 1. The number of hydrogen-bond acceptors (Lipinski definition) is 3. The second-order valence-electron chi connectivity index (χ2n) is 5.36. The van der Waals surface area contributed by atoms with Gasteiger partial charge in [-0.25, -0.2) is 4.79 Å². The number of anilines is 1. The Kier molecular flexibility index (Phi) is 5.56. The molecule has 26 heavy (non-hydrogen) atoms. The molecule has 1 N–H and O–H groups in total. The van der Waals surface area contributed by atoms with Crippen molar-refractivity contribution in [2.75, 3.05) is 5.32 Å². The lowest BCUT2D eigenvalue weighted by atomic mass is 10.1. The lowest BCUT2D eigenvalue weighted by molar-refractivity contribution is 0.0733. The molecule has 0 aromatic heterocycles. The highest BCUT2D eigenvalue weighted by Gasteiger charge is 2.17. The summed E-state index contributed by atoms with van der Waals surface area (Å²) >= 11 is 11.8. The molecule has 0 aliphatic heterocycles. The monoisotopic (exact) mass is 385 g/mol. The molecule has 0 atom stereocenters. The normalized spacial score (nSPS) is 10.2. The highest BCUT2D eigenvalue weighted by atomic mass is 35.5. The number of esters is 1. The van der Waals surface area contributed by atoms with Crippen LogP contribution >= 0.6 is 23.2 Å². The maximum atomic E-state index is 12.6. The van der Waals surface area contributed by atoms with Gasteiger partial charge in [-0.2, -0.15) is 0 Å². The van der Waals surface area contributed by atoms with Gasteiger partial charge in [0, 0.05) is 15.7 Å². The molecule has 0 bridgehead atoms. The lowest BCUT2D eigenvalue weighted by Gasteiger charge is -2.11. The minimum absolute atomic E-state index is 0.120. The van der Waals surface area contributed by atoms with Crippen LogP contribution in [0.2, 0.25) is 10.0 Å². The molecule has 0 saturated heterocycles. The Bertz CT molecular complexity index is 941. The number of benzene rings is 3. The molecule has 0 radical (unpaired) electrons. The van der Waals surface area contributed by atoms with Gasteiger partial charge in [-0.3, -0.25) is 4.79 Å². The predicted octanol–water partition coefficient (Wildman–Crippen LogP) is 5.46. The van der Waals surface area contributed by atoms with E-state index in [-0.39, 0.29) is 11.3 Å². The molecule has 6 heteroatoms. The summed E-state index contributed by atoms with van der Waals surface area (Å²) < 4.78 is 5.39. The Hall–Kier alpha value is -2.82. The summed E-state index contributed by atoms with van der Waals surface area (Å²) in [6.07, 6.45) is 0. The smallest absolute Gasteiger partial charge is 0.343 e. The first-order valence-electron chi connectivity index (χ1n) is 7.66. The van der Waals surface area contributed by atoms with Crippen molar-refractivity contribution in [3.8, 4) is 5.75 Å². The lowest BCUT2D eigenvalue weighted by Crippen LogP contribution is -2.16. The first-order chi connectivity index (χ1) is 12.5. The minimum Gasteiger partial charge on any atom is -0.422 e. The van der Waals surface area contributed by atoms with Crippen LogP contribution < -0.4 is 10.1 Å². The van der Waals surface area contributed by atoms with Crippen LogP contribution in [-0.4, -0.2) is 11.9 Å². The van der Waals surface area contributed by atoms with E-state index in [1.165, 1.54) is 12.1 Å². The Morgan fingerprint density at radius 2 is 1.46 bits per heavy atom. The second kappa shape index (κ2) is 8.04. The molecule has 3 aromatic carbocycles. The molecule has 0 aliphatic carbocycles. The molecule has 4 nitrogen and oxygen atoms in total. The third kappa shape index (κ3) is 4.42. The number of hydrogen-bond donors (Lipinski definition) is 1. The SMILES string of the molecule is O=C(Oc1ccc(Cl)cc1C(=O)Nc1ccc(Cl)cc1)c1ccccc1. The fourth-order valence-corrected chi connectivity index (χ4v) is 2.53. The Balaban J connectivity index is 1.84. The summed E-state index contributed by atoms with van der Waals surface area (Å²) in [6.45, 7) is 0. The van der Waals surface area contributed by atoms with Crippen molar-refractivity contribution in [2.45, 2.75) is 0 Å². The molecular weight excluding hydrogens is 373 g/mol. The third-order valence-electron chi connectivity index (χ3n) is 3.50. The van der Waals surface area contributed by atoms with E-state index in [0.717, 1.165) is 0 Å². The van der Waals surface area contributed by atoms with Crippen molar-refractivity contribution < 1.29 is 14.3 Å². The number of carbonyl (C=O) groups is 2. The van der Waals surface area contributed by atoms with E-state index in [1.807, 2.05) is 0 Å². The number of halogens is 2. The van der Waals surface area contributed by atoms with Gasteiger partial charge in [-0.05, 0) is 54.6 Å². The van der Waals surface area contributed by atoms with Crippen LogP contribution in [0.4, 0.5) is 5.69 Å². The number of rotatable bonds is 4. The molecule has 0 fully saturated rings. The van der Waals surface area contributed by atoms with E-state index in [4.69, 9.17) is 27.9 Å². The van der Waals surface area contributed by atoms with Gasteiger partial charge in [0.15, 0.2) is 0 Å². The second-order valence-corrected chi connectivity index (χ2v) is 6.23. The van der Waals surface area contributed by atoms with E-state index in [2.05, 4.69) is 5.32 Å². The molecule has 0 aliphatic rings. The van der Waals surface area contributed by atoms with Crippen molar-refractivity contribution >= 4 is 40.8 Å². The molecule has 0 spiro atoms. The molecule has 3 aromatic rings. The Morgan fingerprint density at radius 3 is 2.15 bits per heavy atom. The van der Waals surface area contributed by atoms with Crippen molar-refractivity contribution in [2.24, 2.45) is 0 Å². The van der Waals surface area contributed by atoms with Gasteiger partial charge in [0.05, 0.1) is 11.1 Å². The van der Waals surface area contributed by atoms with E-state index in [1.54, 1.807) is 60.7 Å². The van der Waals surface area contributed by atoms with Crippen LogP contribution in [0.3, 0.4) is 0 Å². The molecular formula is C20H13Cl2NO3. The van der Waals surface area contributed by atoms with Gasteiger partial charge in [0.2, 0.25) is 0 Å². The molecule has 0 heterocycles. The van der Waals surface area contributed by atoms with Crippen LogP contribution in [-0.2, 0) is 0 Å². The summed E-state index contributed by atoms with van der Waals surface area (Å²) in [6, 6.07) is 19.6. The largest absolute Gasteiger partial charge is 0.422 e. The van der Waals surface area contributed by atoms with E-state index < -0.39 is 11.9 Å². The van der Waals surface area contributed by atoms with Gasteiger partial charge in [-0.15, -0.1) is 0 Å². The van der Waals surface area contributed by atoms with Crippen molar-refractivity contribution in [1.29, 1.82) is 0 Å². The molecule has 0 unspecified atom stereocenters. The van der Waals surface area contributed by atoms with Gasteiger partial charge < -0.3 is 10.1 Å². The van der Waals surface area contributed by atoms with Crippen LogP contribution in [0.1, 0.15) is 20.7 Å². The predicted molar refractivity (Wildman–Crippen MR) is 102 cm³/mol. The summed E-state index contributed by atoms with van der Waals surface area (Å²) in [4.78, 5) is 24.9. The van der Waals surface area contributed by atoms with Crippen LogP contribution in [0.15, 0.2) is 72.8 Å². The molecule has 0 saturated carbocycles. The van der Waals surface area contributed by atoms with Gasteiger partial charge >= 0.3 is 5.97 Å². The number of amides is 1. The maximum Gasteiger partial charge on any atom is 0.343 e. The summed E-state index contributed by atoms with van der Waals surface area (Å²) in [5.41, 5.74) is 1.09. The van der Waals surface area contributed by atoms with Crippen LogP contribution in [0.25, 0.3) is 0 Å². The fourth-order valence-electron chi connectivity index (χ4n) is 2.23. The van der Waals surface area contributed by atoms with E-state index in [9.17, 15) is 9.59 Å². The average molecular weight is 386 g/mol. The van der Waals surface area contributed by atoms with Gasteiger partial charge in [0.25, 0.3) is 5.91 Å². The summed E-state index contributed by atoms with van der Waals surface area (Å²) in [5.74, 6) is -0.895. The minimum atomic E-state index is -0.562. The zero-order valence-electron chi connectivity index (χ0n) is 13.4. The first-order valence-corrected chi connectivity index (χ1v) is 8.42. The van der Waals surface area contributed by atoms with Gasteiger partial charge in [0.1, 0.15) is 5.75 Å². The van der Waals surface area contributed by atoms with Crippen LogP contribution in [0, 0.1) is 0 Å². The highest BCUT2D eigenvalue weighted by Crippen LogP contribution is 2.25. The zero-order valence-corrected chi connectivity index (χ0v) is 14.9.